The first kappa shape index (κ1) is 17.6. The van der Waals surface area contributed by atoms with Gasteiger partial charge in [0.1, 0.15) is 0 Å². The maximum absolute atomic E-state index is 13.0. The van der Waals surface area contributed by atoms with Crippen LogP contribution in [0.5, 0.6) is 0 Å². The standard InChI is InChI=1S/C13H15ClF3NO.ClH/c14-9-1-2-10(11(7-9)13(15,16)17)12(18)8-3-5-19-6-4-8;/h1-2,7-8,12H,3-6,18H2;1H/t12-;/m1./s1. The van der Waals surface area contributed by atoms with Crippen LogP contribution in [0.2, 0.25) is 5.02 Å². The number of nitrogens with two attached hydrogens (primary N) is 1. The highest BCUT2D eigenvalue weighted by molar-refractivity contribution is 6.30. The lowest BCUT2D eigenvalue weighted by Crippen LogP contribution is -2.29. The number of alkyl halides is 3. The van der Waals surface area contributed by atoms with Crippen LogP contribution in [0.3, 0.4) is 0 Å². The molecular formula is C13H16Cl2F3NO. The van der Waals surface area contributed by atoms with Crippen molar-refractivity contribution in [3.8, 4) is 0 Å². The van der Waals surface area contributed by atoms with Crippen molar-refractivity contribution in [2.24, 2.45) is 11.7 Å². The normalized spacial score (nSPS) is 18.4. The predicted octanol–water partition coefficient (Wildman–Crippen LogP) is 4.21. The maximum atomic E-state index is 13.0. The van der Waals surface area contributed by atoms with Crippen molar-refractivity contribution < 1.29 is 17.9 Å². The lowest BCUT2D eigenvalue weighted by molar-refractivity contribution is -0.138. The van der Waals surface area contributed by atoms with Crippen LogP contribution >= 0.6 is 24.0 Å². The van der Waals surface area contributed by atoms with E-state index in [1.165, 1.54) is 12.1 Å². The first-order valence-electron chi connectivity index (χ1n) is 6.09. The highest BCUT2D eigenvalue weighted by Gasteiger charge is 2.36. The average Bonchev–Trinajstić information content (AvgIpc) is 2.38. The second-order valence-corrected chi connectivity index (χ2v) is 5.14. The number of hydrogen-bond donors (Lipinski definition) is 1. The van der Waals surface area contributed by atoms with Crippen molar-refractivity contribution in [1.29, 1.82) is 0 Å². The van der Waals surface area contributed by atoms with Crippen molar-refractivity contribution in [3.63, 3.8) is 0 Å². The molecule has 1 aliphatic rings. The van der Waals surface area contributed by atoms with Gasteiger partial charge in [-0.25, -0.2) is 0 Å². The van der Waals surface area contributed by atoms with Gasteiger partial charge in [0.15, 0.2) is 0 Å². The Morgan fingerprint density at radius 2 is 1.85 bits per heavy atom. The van der Waals surface area contributed by atoms with E-state index in [1.807, 2.05) is 0 Å². The van der Waals surface area contributed by atoms with E-state index < -0.39 is 17.8 Å². The smallest absolute Gasteiger partial charge is 0.381 e. The average molecular weight is 330 g/mol. The Morgan fingerprint density at radius 3 is 2.40 bits per heavy atom. The van der Waals surface area contributed by atoms with Crippen LogP contribution in [-0.2, 0) is 10.9 Å². The van der Waals surface area contributed by atoms with Crippen LogP contribution in [0.4, 0.5) is 13.2 Å². The van der Waals surface area contributed by atoms with Gasteiger partial charge < -0.3 is 10.5 Å². The summed E-state index contributed by atoms with van der Waals surface area (Å²) in [6.07, 6.45) is -3.08. The summed E-state index contributed by atoms with van der Waals surface area (Å²) in [6, 6.07) is 3.13. The molecule has 0 unspecified atom stereocenters. The van der Waals surface area contributed by atoms with Crippen LogP contribution in [0.25, 0.3) is 0 Å². The van der Waals surface area contributed by atoms with E-state index in [0.29, 0.717) is 26.1 Å². The molecule has 0 aliphatic carbocycles. The van der Waals surface area contributed by atoms with Gasteiger partial charge in [-0.15, -0.1) is 12.4 Å². The van der Waals surface area contributed by atoms with E-state index in [4.69, 9.17) is 22.1 Å². The molecule has 1 aromatic rings. The minimum Gasteiger partial charge on any atom is -0.381 e. The number of halogens is 5. The molecule has 1 aromatic carbocycles. The highest BCUT2D eigenvalue weighted by Crippen LogP contribution is 2.39. The van der Waals surface area contributed by atoms with Gasteiger partial charge in [0.25, 0.3) is 0 Å². The van der Waals surface area contributed by atoms with E-state index in [-0.39, 0.29) is 28.9 Å². The molecule has 114 valence electrons. The molecule has 2 rings (SSSR count). The zero-order chi connectivity index (χ0) is 14.0. The third kappa shape index (κ3) is 4.01. The van der Waals surface area contributed by atoms with Gasteiger partial charge in [-0.3, -0.25) is 0 Å². The summed E-state index contributed by atoms with van der Waals surface area (Å²) in [4.78, 5) is 0. The summed E-state index contributed by atoms with van der Waals surface area (Å²) in [6.45, 7) is 1.10. The molecule has 1 aliphatic heterocycles. The lowest BCUT2D eigenvalue weighted by Gasteiger charge is -2.29. The van der Waals surface area contributed by atoms with E-state index >= 15 is 0 Å². The molecule has 0 aromatic heterocycles. The number of benzene rings is 1. The van der Waals surface area contributed by atoms with Crippen molar-refractivity contribution in [3.05, 3.63) is 34.3 Å². The molecule has 0 radical (unpaired) electrons. The summed E-state index contributed by atoms with van der Waals surface area (Å²) < 4.78 is 44.3. The van der Waals surface area contributed by atoms with Crippen molar-refractivity contribution in [2.75, 3.05) is 13.2 Å². The first-order valence-corrected chi connectivity index (χ1v) is 6.47. The van der Waals surface area contributed by atoms with Gasteiger partial charge in [-0.1, -0.05) is 17.7 Å². The fraction of sp³-hybridized carbons (Fsp3) is 0.538. The third-order valence-corrected chi connectivity index (χ3v) is 3.69. The Labute approximate surface area is 126 Å². The Bertz CT molecular complexity index is 448. The Kier molecular flexibility index (Phi) is 6.13. The molecule has 0 saturated carbocycles. The SMILES string of the molecule is Cl.N[C@@H](c1ccc(Cl)cc1C(F)(F)F)C1CCOCC1. The zero-order valence-electron chi connectivity index (χ0n) is 10.6. The van der Waals surface area contributed by atoms with Gasteiger partial charge in [-0.2, -0.15) is 13.2 Å². The highest BCUT2D eigenvalue weighted by atomic mass is 35.5. The summed E-state index contributed by atoms with van der Waals surface area (Å²) in [7, 11) is 0. The topological polar surface area (TPSA) is 35.2 Å². The Hall–Kier alpha value is -0.490. The zero-order valence-corrected chi connectivity index (χ0v) is 12.2. The molecule has 7 heteroatoms. The molecule has 2 N–H and O–H groups in total. The van der Waals surface area contributed by atoms with Crippen molar-refractivity contribution in [2.45, 2.75) is 25.1 Å². The third-order valence-electron chi connectivity index (χ3n) is 3.45. The molecule has 1 fully saturated rings. The van der Waals surface area contributed by atoms with Crippen LogP contribution in [0.1, 0.15) is 30.0 Å². The summed E-state index contributed by atoms with van der Waals surface area (Å²) in [5, 5.41) is 0.0650. The molecule has 1 saturated heterocycles. The Morgan fingerprint density at radius 1 is 1.25 bits per heavy atom. The summed E-state index contributed by atoms with van der Waals surface area (Å²) in [5.74, 6) is 0.0102. The lowest BCUT2D eigenvalue weighted by atomic mass is 9.85. The monoisotopic (exact) mass is 329 g/mol. The van der Waals surface area contributed by atoms with E-state index in [1.54, 1.807) is 0 Å². The predicted molar refractivity (Wildman–Crippen MR) is 74.2 cm³/mol. The molecule has 0 spiro atoms. The van der Waals surface area contributed by atoms with Gasteiger partial charge >= 0.3 is 6.18 Å². The van der Waals surface area contributed by atoms with Gasteiger partial charge in [0.05, 0.1) is 5.56 Å². The van der Waals surface area contributed by atoms with Crippen LogP contribution in [-0.4, -0.2) is 13.2 Å². The van der Waals surface area contributed by atoms with Crippen LogP contribution < -0.4 is 5.73 Å². The molecular weight excluding hydrogens is 314 g/mol. The molecule has 0 bridgehead atoms. The maximum Gasteiger partial charge on any atom is 0.416 e. The molecule has 1 atom stereocenters. The fourth-order valence-electron chi connectivity index (χ4n) is 2.39. The number of hydrogen-bond acceptors (Lipinski definition) is 2. The molecule has 0 amide bonds. The Balaban J connectivity index is 0.00000200. The van der Waals surface area contributed by atoms with Crippen LogP contribution in [0, 0.1) is 5.92 Å². The fourth-order valence-corrected chi connectivity index (χ4v) is 2.57. The van der Waals surface area contributed by atoms with Crippen molar-refractivity contribution >= 4 is 24.0 Å². The van der Waals surface area contributed by atoms with Crippen LogP contribution in [0.15, 0.2) is 18.2 Å². The molecule has 20 heavy (non-hydrogen) atoms. The van der Waals surface area contributed by atoms with Gasteiger partial charge in [-0.05, 0) is 36.5 Å². The van der Waals surface area contributed by atoms with Crippen molar-refractivity contribution in [1.82, 2.24) is 0 Å². The van der Waals surface area contributed by atoms with Gasteiger partial charge in [0, 0.05) is 24.3 Å². The second kappa shape index (κ2) is 6.98. The summed E-state index contributed by atoms with van der Waals surface area (Å²) in [5.41, 5.74) is 5.40. The van der Waals surface area contributed by atoms with Gasteiger partial charge in [0.2, 0.25) is 0 Å². The van der Waals surface area contributed by atoms with E-state index in [9.17, 15) is 13.2 Å². The number of rotatable bonds is 2. The van der Waals surface area contributed by atoms with E-state index in [0.717, 1.165) is 6.07 Å². The minimum absolute atomic E-state index is 0. The number of ether oxygens (including phenoxy) is 1. The second-order valence-electron chi connectivity index (χ2n) is 4.70. The first-order chi connectivity index (χ1) is 8.89. The van der Waals surface area contributed by atoms with E-state index in [2.05, 4.69) is 0 Å². The minimum atomic E-state index is -4.44. The largest absolute Gasteiger partial charge is 0.416 e. The summed E-state index contributed by atoms with van der Waals surface area (Å²) >= 11 is 5.65. The molecule has 2 nitrogen and oxygen atoms in total. The quantitative estimate of drug-likeness (QED) is 0.882. The molecule has 1 heterocycles.